The second-order valence-corrected chi connectivity index (χ2v) is 11.2. The summed E-state index contributed by atoms with van der Waals surface area (Å²) in [6.45, 7) is 8.20. The summed E-state index contributed by atoms with van der Waals surface area (Å²) >= 11 is 0. The topological polar surface area (TPSA) is 76.0 Å². The molecule has 1 aliphatic rings. The highest BCUT2D eigenvalue weighted by Gasteiger charge is 2.50. The molecule has 1 fully saturated rings. The number of aliphatic hydroxyl groups is 2. The van der Waals surface area contributed by atoms with E-state index in [0.717, 1.165) is 18.9 Å². The summed E-state index contributed by atoms with van der Waals surface area (Å²) in [5, 5.41) is 20.9. The van der Waals surface area contributed by atoms with Crippen molar-refractivity contribution in [3.63, 3.8) is 0 Å². The Morgan fingerprint density at radius 1 is 1.38 bits per heavy atom. The second kappa shape index (κ2) is 7.22. The summed E-state index contributed by atoms with van der Waals surface area (Å²) in [7, 11) is -0.644. The van der Waals surface area contributed by atoms with Gasteiger partial charge in [-0.05, 0) is 31.5 Å². The molecule has 0 saturated heterocycles. The van der Waals surface area contributed by atoms with Crippen LogP contribution in [-0.4, -0.2) is 49.4 Å². The summed E-state index contributed by atoms with van der Waals surface area (Å²) in [6.07, 6.45) is 1.36. The third-order valence-electron chi connectivity index (χ3n) is 4.33. The molecule has 5 nitrogen and oxygen atoms in total. The Balaban J connectivity index is 2.81. The average molecular weight is 318 g/mol. The first-order valence-corrected chi connectivity index (χ1v) is 10.9. The van der Waals surface area contributed by atoms with Gasteiger partial charge in [-0.15, -0.1) is 0 Å². The van der Waals surface area contributed by atoms with Gasteiger partial charge in [0.05, 0.1) is 19.3 Å². The number of carbonyl (C=O) groups is 1. The van der Waals surface area contributed by atoms with E-state index < -0.39 is 32.1 Å². The molecule has 124 valence electrons. The number of rotatable bonds is 6. The molecule has 2 N–H and O–H groups in total. The minimum atomic E-state index is -1.91. The SMILES string of the molecule is CCCC[Si](C)(C)O[C@@H]1C[C@@](O)(C(=O)OC)C[C@@H](C)[C@@H]1O. The van der Waals surface area contributed by atoms with E-state index in [1.807, 2.05) is 6.92 Å². The zero-order valence-electron chi connectivity index (χ0n) is 13.9. The van der Waals surface area contributed by atoms with E-state index >= 15 is 0 Å². The Labute approximate surface area is 128 Å². The monoisotopic (exact) mass is 318 g/mol. The highest BCUT2D eigenvalue weighted by Crippen LogP contribution is 2.37. The molecule has 4 atom stereocenters. The third-order valence-corrected chi connectivity index (χ3v) is 6.83. The van der Waals surface area contributed by atoms with Crippen LogP contribution >= 0.6 is 0 Å². The molecule has 0 aliphatic heterocycles. The summed E-state index contributed by atoms with van der Waals surface area (Å²) in [5.41, 5.74) is -1.55. The molecule has 0 radical (unpaired) electrons. The molecule has 0 aromatic rings. The van der Waals surface area contributed by atoms with Crippen molar-refractivity contribution in [3.05, 3.63) is 0 Å². The lowest BCUT2D eigenvalue weighted by Crippen LogP contribution is -2.56. The van der Waals surface area contributed by atoms with Crippen LogP contribution in [0.5, 0.6) is 0 Å². The van der Waals surface area contributed by atoms with E-state index in [4.69, 9.17) is 9.16 Å². The van der Waals surface area contributed by atoms with Gasteiger partial charge in [-0.2, -0.15) is 0 Å². The Morgan fingerprint density at radius 3 is 2.52 bits per heavy atom. The van der Waals surface area contributed by atoms with Crippen molar-refractivity contribution in [1.82, 2.24) is 0 Å². The lowest BCUT2D eigenvalue weighted by Gasteiger charge is -2.43. The molecule has 0 aromatic carbocycles. The van der Waals surface area contributed by atoms with Gasteiger partial charge in [0, 0.05) is 6.42 Å². The zero-order chi connectivity index (χ0) is 16.3. The Morgan fingerprint density at radius 2 is 2.00 bits per heavy atom. The Kier molecular flexibility index (Phi) is 6.40. The minimum absolute atomic E-state index is 0.105. The minimum Gasteiger partial charge on any atom is -0.467 e. The van der Waals surface area contributed by atoms with Crippen molar-refractivity contribution in [1.29, 1.82) is 0 Å². The summed E-state index contributed by atoms with van der Waals surface area (Å²) in [5.74, 6) is -0.841. The first-order chi connectivity index (χ1) is 9.65. The van der Waals surface area contributed by atoms with E-state index in [2.05, 4.69) is 20.0 Å². The highest BCUT2D eigenvalue weighted by atomic mass is 28.4. The molecular weight excluding hydrogens is 288 g/mol. The molecule has 21 heavy (non-hydrogen) atoms. The first-order valence-electron chi connectivity index (χ1n) is 7.82. The van der Waals surface area contributed by atoms with Gasteiger partial charge < -0.3 is 19.4 Å². The molecule has 1 aliphatic carbocycles. The number of esters is 1. The van der Waals surface area contributed by atoms with Crippen LogP contribution in [0.25, 0.3) is 0 Å². The van der Waals surface area contributed by atoms with E-state index in [9.17, 15) is 15.0 Å². The van der Waals surface area contributed by atoms with Crippen LogP contribution in [0.1, 0.15) is 39.5 Å². The standard InChI is InChI=1S/C15H30O5Si/c1-6-7-8-21(4,5)20-12-10-15(18,14(17)19-3)9-11(2)13(12)16/h11-13,16,18H,6-10H2,1-5H3/t11-,12-,13+,15-/m1/s1. The van der Waals surface area contributed by atoms with Crippen LogP contribution in [-0.2, 0) is 14.0 Å². The van der Waals surface area contributed by atoms with E-state index in [-0.39, 0.29) is 18.8 Å². The molecule has 1 rings (SSSR count). The fraction of sp³-hybridized carbons (Fsp3) is 0.933. The summed E-state index contributed by atoms with van der Waals surface area (Å²) in [4.78, 5) is 11.8. The normalized spacial score (nSPS) is 33.8. The van der Waals surface area contributed by atoms with Crippen LogP contribution in [0.15, 0.2) is 0 Å². The number of hydrogen-bond acceptors (Lipinski definition) is 5. The summed E-state index contributed by atoms with van der Waals surface area (Å²) < 4.78 is 10.9. The average Bonchev–Trinajstić information content (AvgIpc) is 2.41. The highest BCUT2D eigenvalue weighted by molar-refractivity contribution is 6.71. The van der Waals surface area contributed by atoms with Crippen molar-refractivity contribution in [2.45, 2.75) is 76.5 Å². The van der Waals surface area contributed by atoms with Crippen LogP contribution in [0.4, 0.5) is 0 Å². The maximum absolute atomic E-state index is 11.8. The lowest BCUT2D eigenvalue weighted by molar-refractivity contribution is -0.179. The number of aliphatic hydroxyl groups excluding tert-OH is 1. The Hall–Kier alpha value is -0.433. The van der Waals surface area contributed by atoms with Crippen molar-refractivity contribution in [2.24, 2.45) is 5.92 Å². The maximum atomic E-state index is 11.8. The molecule has 6 heteroatoms. The van der Waals surface area contributed by atoms with E-state index in [1.54, 1.807) is 0 Å². The third kappa shape index (κ3) is 4.77. The molecule has 0 bridgehead atoms. The Bertz CT molecular complexity index is 360. The second-order valence-electron chi connectivity index (χ2n) is 6.92. The molecule has 0 spiro atoms. The molecule has 0 unspecified atom stereocenters. The van der Waals surface area contributed by atoms with Crippen LogP contribution in [0.2, 0.25) is 19.1 Å². The van der Waals surface area contributed by atoms with Crippen molar-refractivity contribution in [2.75, 3.05) is 7.11 Å². The maximum Gasteiger partial charge on any atom is 0.337 e. The predicted octanol–water partition coefficient (Wildman–Crippen LogP) is 2.07. The molecular formula is C15H30O5Si. The van der Waals surface area contributed by atoms with Crippen LogP contribution in [0, 0.1) is 5.92 Å². The van der Waals surface area contributed by atoms with Gasteiger partial charge in [0.2, 0.25) is 0 Å². The molecule has 0 amide bonds. The first kappa shape index (κ1) is 18.6. The van der Waals surface area contributed by atoms with Gasteiger partial charge in [0.25, 0.3) is 0 Å². The van der Waals surface area contributed by atoms with Gasteiger partial charge in [-0.3, -0.25) is 0 Å². The van der Waals surface area contributed by atoms with E-state index in [1.165, 1.54) is 7.11 Å². The predicted molar refractivity (Wildman–Crippen MR) is 83.4 cm³/mol. The lowest BCUT2D eigenvalue weighted by atomic mass is 9.75. The van der Waals surface area contributed by atoms with Gasteiger partial charge in [-0.1, -0.05) is 26.7 Å². The van der Waals surface area contributed by atoms with Gasteiger partial charge in [0.15, 0.2) is 13.9 Å². The number of carbonyl (C=O) groups excluding carboxylic acids is 1. The zero-order valence-corrected chi connectivity index (χ0v) is 14.9. The van der Waals surface area contributed by atoms with Gasteiger partial charge in [0.1, 0.15) is 0 Å². The van der Waals surface area contributed by atoms with Crippen LogP contribution < -0.4 is 0 Å². The molecule has 1 saturated carbocycles. The number of methoxy groups -OCH3 is 1. The quantitative estimate of drug-likeness (QED) is 0.579. The van der Waals surface area contributed by atoms with E-state index in [0.29, 0.717) is 0 Å². The number of hydrogen-bond donors (Lipinski definition) is 2. The molecule has 0 aromatic heterocycles. The number of unbranched alkanes of at least 4 members (excludes halogenated alkanes) is 1. The van der Waals surface area contributed by atoms with Crippen molar-refractivity contribution < 1.29 is 24.2 Å². The van der Waals surface area contributed by atoms with Crippen molar-refractivity contribution >= 4 is 14.3 Å². The smallest absolute Gasteiger partial charge is 0.337 e. The fourth-order valence-electron chi connectivity index (χ4n) is 3.10. The number of ether oxygens (including phenoxy) is 1. The fourth-order valence-corrected chi connectivity index (χ4v) is 5.46. The van der Waals surface area contributed by atoms with Gasteiger partial charge in [-0.25, -0.2) is 4.79 Å². The summed E-state index contributed by atoms with van der Waals surface area (Å²) in [6, 6.07) is 1.01. The van der Waals surface area contributed by atoms with Crippen molar-refractivity contribution in [3.8, 4) is 0 Å². The molecule has 0 heterocycles. The van der Waals surface area contributed by atoms with Gasteiger partial charge >= 0.3 is 5.97 Å². The van der Waals surface area contributed by atoms with Crippen LogP contribution in [0.3, 0.4) is 0 Å². The largest absolute Gasteiger partial charge is 0.467 e.